The van der Waals surface area contributed by atoms with Gasteiger partial charge in [-0.1, -0.05) is 50.7 Å². The van der Waals surface area contributed by atoms with Crippen LogP contribution in [0.4, 0.5) is 9.18 Å². The monoisotopic (exact) mass is 441 g/mol. The highest BCUT2D eigenvalue weighted by atomic mass is 19.1. The Kier molecular flexibility index (Phi) is 6.56. The molecule has 6 heteroatoms. The van der Waals surface area contributed by atoms with E-state index >= 15 is 0 Å². The molecule has 1 aliphatic carbocycles. The van der Waals surface area contributed by atoms with Crippen molar-refractivity contribution in [3.05, 3.63) is 47.0 Å². The van der Waals surface area contributed by atoms with E-state index in [1.807, 2.05) is 6.07 Å². The number of benzene rings is 1. The molecule has 32 heavy (non-hydrogen) atoms. The number of amides is 1. The molecule has 4 aliphatic rings. The Bertz CT molecular complexity index is 857. The van der Waals surface area contributed by atoms with Crippen molar-refractivity contribution >= 4 is 6.09 Å². The molecule has 5 nitrogen and oxygen atoms in total. The fraction of sp³-hybridized carbons (Fsp3) is 0.654. The Morgan fingerprint density at radius 1 is 1.06 bits per heavy atom. The maximum Gasteiger partial charge on any atom is 0.410 e. The Labute approximate surface area is 191 Å². The molecule has 3 atom stereocenters. The summed E-state index contributed by atoms with van der Waals surface area (Å²) in [5.41, 5.74) is 2.76. The Morgan fingerprint density at radius 2 is 1.88 bits per heavy atom. The van der Waals surface area contributed by atoms with E-state index in [0.717, 1.165) is 31.0 Å². The lowest BCUT2D eigenvalue weighted by Gasteiger charge is -2.21. The van der Waals surface area contributed by atoms with Gasteiger partial charge in [0.2, 0.25) is 0 Å². The van der Waals surface area contributed by atoms with Crippen LogP contribution in [0.1, 0.15) is 75.3 Å². The summed E-state index contributed by atoms with van der Waals surface area (Å²) in [5, 5.41) is 3.65. The van der Waals surface area contributed by atoms with Crippen LogP contribution in [0, 0.1) is 11.7 Å². The highest BCUT2D eigenvalue weighted by Gasteiger charge is 2.37. The molecule has 1 aromatic carbocycles. The molecule has 2 fully saturated rings. The largest absolute Gasteiger partial charge is 0.444 e. The van der Waals surface area contributed by atoms with Gasteiger partial charge in [0.15, 0.2) is 0 Å². The molecular weight excluding hydrogens is 405 g/mol. The average molecular weight is 442 g/mol. The van der Waals surface area contributed by atoms with Crippen molar-refractivity contribution in [3.8, 4) is 0 Å². The van der Waals surface area contributed by atoms with Crippen LogP contribution in [0.5, 0.6) is 0 Å². The first-order valence-electron chi connectivity index (χ1n) is 12.6. The second kappa shape index (κ2) is 9.72. The SMILES string of the molecule is O=C(OC1CC2=CNC3CC3CCCCCCCCCN2C1)N1Cc2cccc(F)c2C1. The topological polar surface area (TPSA) is 44.8 Å². The van der Waals surface area contributed by atoms with Crippen molar-refractivity contribution in [2.75, 3.05) is 13.1 Å². The zero-order valence-corrected chi connectivity index (χ0v) is 19.0. The maximum absolute atomic E-state index is 14.0. The Morgan fingerprint density at radius 3 is 2.72 bits per heavy atom. The minimum atomic E-state index is -0.329. The number of carbonyl (C=O) groups is 1. The zero-order chi connectivity index (χ0) is 21.9. The van der Waals surface area contributed by atoms with Gasteiger partial charge in [0.25, 0.3) is 0 Å². The third-order valence-corrected chi connectivity index (χ3v) is 7.61. The smallest absolute Gasteiger partial charge is 0.410 e. The zero-order valence-electron chi connectivity index (χ0n) is 19.0. The van der Waals surface area contributed by atoms with Gasteiger partial charge in [0, 0.05) is 43.0 Å². The lowest BCUT2D eigenvalue weighted by molar-refractivity contribution is 0.0647. The fourth-order valence-electron chi connectivity index (χ4n) is 5.55. The molecular formula is C26H36FN3O2. The average Bonchev–Trinajstić information content (AvgIpc) is 3.18. The molecule has 1 aromatic rings. The van der Waals surface area contributed by atoms with Gasteiger partial charge in [-0.25, -0.2) is 9.18 Å². The normalized spacial score (nSPS) is 28.4. The predicted molar refractivity (Wildman–Crippen MR) is 122 cm³/mol. The van der Waals surface area contributed by atoms with Crippen molar-refractivity contribution in [3.63, 3.8) is 0 Å². The van der Waals surface area contributed by atoms with E-state index < -0.39 is 0 Å². The molecule has 5 rings (SSSR count). The number of halogens is 1. The van der Waals surface area contributed by atoms with E-state index in [2.05, 4.69) is 16.4 Å². The van der Waals surface area contributed by atoms with Gasteiger partial charge in [0.1, 0.15) is 11.9 Å². The second-order valence-corrected chi connectivity index (χ2v) is 10.1. The number of carbonyl (C=O) groups excluding carboxylic acids is 1. The van der Waals surface area contributed by atoms with Gasteiger partial charge in [-0.2, -0.15) is 0 Å². The quantitative estimate of drug-likeness (QED) is 0.642. The Hall–Kier alpha value is -2.24. The molecule has 1 saturated heterocycles. The number of nitrogens with zero attached hydrogens (tertiary/aromatic N) is 2. The van der Waals surface area contributed by atoms with Crippen molar-refractivity contribution in [1.29, 1.82) is 0 Å². The first-order valence-corrected chi connectivity index (χ1v) is 12.6. The summed E-state index contributed by atoms with van der Waals surface area (Å²) < 4.78 is 19.9. The molecule has 174 valence electrons. The van der Waals surface area contributed by atoms with Crippen LogP contribution in [0.3, 0.4) is 0 Å². The van der Waals surface area contributed by atoms with Crippen molar-refractivity contribution in [2.24, 2.45) is 5.92 Å². The van der Waals surface area contributed by atoms with Gasteiger partial charge in [-0.3, -0.25) is 4.90 Å². The predicted octanol–water partition coefficient (Wildman–Crippen LogP) is 5.31. The lowest BCUT2D eigenvalue weighted by Crippen LogP contribution is -2.32. The third-order valence-electron chi connectivity index (χ3n) is 7.61. The maximum atomic E-state index is 14.0. The number of fused-ring (bicyclic) bond motifs is 3. The summed E-state index contributed by atoms with van der Waals surface area (Å²) in [5.74, 6) is 0.594. The van der Waals surface area contributed by atoms with Crippen molar-refractivity contribution < 1.29 is 13.9 Å². The molecule has 3 aliphatic heterocycles. The van der Waals surface area contributed by atoms with Gasteiger partial charge >= 0.3 is 6.09 Å². The molecule has 0 aromatic heterocycles. The van der Waals surface area contributed by atoms with Crippen LogP contribution < -0.4 is 5.32 Å². The van der Waals surface area contributed by atoms with E-state index in [1.165, 1.54) is 69.6 Å². The van der Waals surface area contributed by atoms with E-state index in [4.69, 9.17) is 4.74 Å². The van der Waals surface area contributed by atoms with Gasteiger partial charge in [-0.05, 0) is 36.8 Å². The highest BCUT2D eigenvalue weighted by molar-refractivity contribution is 5.69. The van der Waals surface area contributed by atoms with Crippen LogP contribution >= 0.6 is 0 Å². The van der Waals surface area contributed by atoms with Crippen LogP contribution in [0.25, 0.3) is 0 Å². The highest BCUT2D eigenvalue weighted by Crippen LogP contribution is 2.36. The number of hydrogen-bond acceptors (Lipinski definition) is 4. The summed E-state index contributed by atoms with van der Waals surface area (Å²) >= 11 is 0. The Balaban J connectivity index is 1.18. The van der Waals surface area contributed by atoms with E-state index in [9.17, 15) is 9.18 Å². The molecule has 0 spiro atoms. The molecule has 1 amide bonds. The molecule has 3 heterocycles. The minimum Gasteiger partial charge on any atom is -0.444 e. The number of rotatable bonds is 1. The summed E-state index contributed by atoms with van der Waals surface area (Å²) in [4.78, 5) is 16.8. The number of nitrogens with one attached hydrogen (secondary N) is 1. The number of hydrogen-bond donors (Lipinski definition) is 1. The van der Waals surface area contributed by atoms with Crippen molar-refractivity contribution in [1.82, 2.24) is 15.1 Å². The summed E-state index contributed by atoms with van der Waals surface area (Å²) in [6, 6.07) is 5.67. The number of ether oxygens (including phenoxy) is 1. The van der Waals surface area contributed by atoms with Crippen molar-refractivity contribution in [2.45, 2.75) is 89.4 Å². The lowest BCUT2D eigenvalue weighted by atomic mass is 10.1. The third kappa shape index (κ3) is 5.05. The fourth-order valence-corrected chi connectivity index (χ4v) is 5.55. The van der Waals surface area contributed by atoms with Gasteiger partial charge < -0.3 is 15.0 Å². The van der Waals surface area contributed by atoms with E-state index in [1.54, 1.807) is 11.0 Å². The van der Waals surface area contributed by atoms with Gasteiger partial charge in [0.05, 0.1) is 13.1 Å². The minimum absolute atomic E-state index is 0.141. The first kappa shape index (κ1) is 21.6. The summed E-state index contributed by atoms with van der Waals surface area (Å²) in [6.45, 7) is 2.50. The van der Waals surface area contributed by atoms with Crippen LogP contribution in [0.2, 0.25) is 0 Å². The summed E-state index contributed by atoms with van der Waals surface area (Å²) in [7, 11) is 0. The van der Waals surface area contributed by atoms with Crippen LogP contribution in [-0.4, -0.2) is 41.1 Å². The standard InChI is InChI=1S/C26H36FN3O2/c27-24-11-8-10-20-16-30(18-23(20)24)26(31)32-22-14-21-15-28-25-13-19(25)9-6-4-2-1-3-5-7-12-29(21)17-22/h8,10-11,15,19,22,25,28H,1-7,9,12-14,16-18H2. The summed E-state index contributed by atoms with van der Waals surface area (Å²) in [6.07, 6.45) is 14.4. The van der Waals surface area contributed by atoms with E-state index in [0.29, 0.717) is 24.7 Å². The van der Waals surface area contributed by atoms with Gasteiger partial charge in [-0.15, -0.1) is 0 Å². The molecule has 1 N–H and O–H groups in total. The molecule has 1 saturated carbocycles. The second-order valence-electron chi connectivity index (χ2n) is 10.1. The van der Waals surface area contributed by atoms with Crippen LogP contribution in [-0.2, 0) is 17.8 Å². The molecule has 3 unspecified atom stereocenters. The first-order chi connectivity index (χ1) is 15.7. The van der Waals surface area contributed by atoms with Crippen LogP contribution in [0.15, 0.2) is 30.1 Å². The molecule has 0 bridgehead atoms. The van der Waals surface area contributed by atoms with E-state index in [-0.39, 0.29) is 18.0 Å². The molecule has 0 radical (unpaired) electrons.